The predicted molar refractivity (Wildman–Crippen MR) is 178 cm³/mol. The summed E-state index contributed by atoms with van der Waals surface area (Å²) in [6.07, 6.45) is -0.407. The fourth-order valence-corrected chi connectivity index (χ4v) is 8.09. The Bertz CT molecular complexity index is 1810. The van der Waals surface area contributed by atoms with Crippen molar-refractivity contribution in [3.05, 3.63) is 69.3 Å². The van der Waals surface area contributed by atoms with Crippen LogP contribution in [0.3, 0.4) is 0 Å². The van der Waals surface area contributed by atoms with Crippen molar-refractivity contribution >= 4 is 33.2 Å². The number of halogens is 3. The Morgan fingerprint density at radius 3 is 1.29 bits per heavy atom. The van der Waals surface area contributed by atoms with Gasteiger partial charge in [-0.3, -0.25) is 4.98 Å². The molecule has 8 heteroatoms. The summed E-state index contributed by atoms with van der Waals surface area (Å²) in [7, 11) is 0. The zero-order chi connectivity index (χ0) is 32.9. The topological polar surface area (TPSA) is 77.6 Å². The van der Waals surface area contributed by atoms with Gasteiger partial charge in [-0.2, -0.15) is 13.2 Å². The number of hydrogen-bond acceptors (Lipinski definition) is 3. The average Bonchev–Trinajstić information content (AvgIpc) is 3.70. The Morgan fingerprint density at radius 2 is 0.956 bits per heavy atom. The van der Waals surface area contributed by atoms with Crippen LogP contribution in [0.1, 0.15) is 126 Å². The molecule has 2 aliphatic rings. The molecular weight excluding hydrogens is 573 g/mol. The molecule has 0 radical (unpaired) electrons. The molecule has 1 atom stereocenters. The van der Waals surface area contributed by atoms with Crippen molar-refractivity contribution in [3.8, 4) is 0 Å². The molecular formula is C37H47F3N4O. The number of hydrogen-bond donors (Lipinski definition) is 3. The van der Waals surface area contributed by atoms with Crippen molar-refractivity contribution in [2.75, 3.05) is 0 Å². The van der Waals surface area contributed by atoms with Crippen molar-refractivity contribution < 1.29 is 18.3 Å². The highest BCUT2D eigenvalue weighted by atomic mass is 19.4. The maximum atomic E-state index is 15.3. The minimum absolute atomic E-state index is 0.0676. The Morgan fingerprint density at radius 1 is 0.578 bits per heavy atom. The van der Waals surface area contributed by atoms with E-state index in [0.29, 0.717) is 24.8 Å². The standard InChI is InChI=1S/C37H47F3N4O/c1-9-21-22(10-2)28-18-30-24(12-4)26(14-6)32(43-30)20-34-36(45,37(38,39)40)35(15-7,16-8)33(44-34)19-31-25(13-5)23(11-3)29(42-31)17-27(21)41-28/h17-20,42-43,45H,9-16H2,1-8H3. The SMILES string of the molecule is CCC1=C(CC)c2cc3[nH]c(cc4nc(cc5[nH]c(cc1n2)c(CC)c5CC)C(CC)(CC)C4(O)C(F)(F)F)c(CC)c3CC. The maximum Gasteiger partial charge on any atom is 0.423 e. The van der Waals surface area contributed by atoms with Gasteiger partial charge in [0, 0.05) is 22.1 Å². The van der Waals surface area contributed by atoms with Gasteiger partial charge in [-0.25, -0.2) is 4.98 Å². The molecule has 1 unspecified atom stereocenters. The summed E-state index contributed by atoms with van der Waals surface area (Å²) in [5, 5.41) is 12.0. The van der Waals surface area contributed by atoms with Gasteiger partial charge < -0.3 is 15.1 Å². The molecule has 3 N–H and O–H groups in total. The molecule has 8 bridgehead atoms. The summed E-state index contributed by atoms with van der Waals surface area (Å²) in [5.74, 6) is 0. The molecule has 0 aliphatic carbocycles. The summed E-state index contributed by atoms with van der Waals surface area (Å²) in [4.78, 5) is 16.9. The summed E-state index contributed by atoms with van der Waals surface area (Å²) < 4.78 is 45.9. The van der Waals surface area contributed by atoms with E-state index in [0.717, 1.165) is 69.5 Å². The first kappa shape index (κ1) is 33.0. The monoisotopic (exact) mass is 620 g/mol. The molecule has 0 fully saturated rings. The zero-order valence-electron chi connectivity index (χ0n) is 27.9. The first-order chi connectivity index (χ1) is 21.4. The van der Waals surface area contributed by atoms with Gasteiger partial charge in [0.1, 0.15) is 0 Å². The van der Waals surface area contributed by atoms with Crippen LogP contribution in [0.2, 0.25) is 0 Å². The molecule has 3 aromatic rings. The molecule has 2 aliphatic heterocycles. The summed E-state index contributed by atoms with van der Waals surface area (Å²) in [5.41, 5.74) is 6.42. The third-order valence-corrected chi connectivity index (χ3v) is 10.4. The van der Waals surface area contributed by atoms with Crippen molar-refractivity contribution in [2.45, 2.75) is 124 Å². The second-order valence-electron chi connectivity index (χ2n) is 12.2. The van der Waals surface area contributed by atoms with Crippen LogP contribution in [0.4, 0.5) is 13.2 Å². The van der Waals surface area contributed by atoms with Crippen molar-refractivity contribution in [1.29, 1.82) is 0 Å². The van der Waals surface area contributed by atoms with E-state index in [1.54, 1.807) is 19.9 Å². The zero-order valence-corrected chi connectivity index (χ0v) is 27.9. The van der Waals surface area contributed by atoms with Gasteiger partial charge in [0.25, 0.3) is 0 Å². The van der Waals surface area contributed by atoms with Crippen LogP contribution in [0, 0.1) is 0 Å². The van der Waals surface area contributed by atoms with E-state index in [-0.39, 0.29) is 24.2 Å². The molecule has 45 heavy (non-hydrogen) atoms. The Balaban J connectivity index is 2.10. The Labute approximate surface area is 264 Å². The summed E-state index contributed by atoms with van der Waals surface area (Å²) >= 11 is 0. The Kier molecular flexibility index (Phi) is 8.86. The van der Waals surface area contributed by atoms with E-state index >= 15 is 13.2 Å². The van der Waals surface area contributed by atoms with E-state index < -0.39 is 17.2 Å². The molecule has 0 aromatic carbocycles. The molecule has 5 heterocycles. The number of allylic oxidation sites excluding steroid dienone is 2. The van der Waals surface area contributed by atoms with Gasteiger partial charge in [0.15, 0.2) is 0 Å². The van der Waals surface area contributed by atoms with Crippen LogP contribution in [0.25, 0.3) is 33.2 Å². The number of nitrogens with zero attached hydrogens (tertiary/aromatic N) is 2. The van der Waals surface area contributed by atoms with Crippen LogP contribution >= 0.6 is 0 Å². The molecule has 5 nitrogen and oxygen atoms in total. The number of H-pyrrole nitrogens is 2. The molecule has 0 saturated heterocycles. The van der Waals surface area contributed by atoms with Crippen LogP contribution in [-0.4, -0.2) is 31.2 Å². The van der Waals surface area contributed by atoms with Gasteiger partial charge in [-0.15, -0.1) is 0 Å². The second kappa shape index (κ2) is 12.1. The first-order valence-electron chi connectivity index (χ1n) is 16.7. The minimum atomic E-state index is -4.95. The van der Waals surface area contributed by atoms with Crippen LogP contribution in [-0.2, 0) is 36.7 Å². The fourth-order valence-electron chi connectivity index (χ4n) is 8.09. The van der Waals surface area contributed by atoms with Gasteiger partial charge in [0.2, 0.25) is 5.60 Å². The number of aliphatic hydroxyl groups is 1. The lowest BCUT2D eigenvalue weighted by atomic mass is 9.66. The van der Waals surface area contributed by atoms with Gasteiger partial charge >= 0.3 is 6.18 Å². The van der Waals surface area contributed by atoms with Crippen molar-refractivity contribution in [2.24, 2.45) is 0 Å². The number of aryl methyl sites for hydroxylation is 4. The summed E-state index contributed by atoms with van der Waals surface area (Å²) in [6.45, 7) is 15.9. The first-order valence-corrected chi connectivity index (χ1v) is 16.7. The highest BCUT2D eigenvalue weighted by Crippen LogP contribution is 2.58. The van der Waals surface area contributed by atoms with Gasteiger partial charge in [-0.1, -0.05) is 55.4 Å². The largest absolute Gasteiger partial charge is 0.423 e. The van der Waals surface area contributed by atoms with Crippen molar-refractivity contribution in [3.63, 3.8) is 0 Å². The average molecular weight is 621 g/mol. The molecule has 0 amide bonds. The number of aromatic amines is 2. The van der Waals surface area contributed by atoms with E-state index in [1.807, 2.05) is 6.92 Å². The van der Waals surface area contributed by atoms with Crippen molar-refractivity contribution in [1.82, 2.24) is 19.9 Å². The van der Waals surface area contributed by atoms with E-state index in [4.69, 9.17) is 9.97 Å². The smallest absolute Gasteiger partial charge is 0.374 e. The van der Waals surface area contributed by atoms with Crippen LogP contribution < -0.4 is 0 Å². The highest BCUT2D eigenvalue weighted by molar-refractivity contribution is 5.93. The Hall–Kier alpha value is -3.39. The molecule has 3 aromatic heterocycles. The highest BCUT2D eigenvalue weighted by Gasteiger charge is 2.70. The maximum absolute atomic E-state index is 15.3. The lowest BCUT2D eigenvalue weighted by Gasteiger charge is -2.42. The van der Waals surface area contributed by atoms with Crippen LogP contribution in [0.5, 0.6) is 0 Å². The third-order valence-electron chi connectivity index (χ3n) is 10.4. The van der Waals surface area contributed by atoms with E-state index in [1.165, 1.54) is 17.2 Å². The molecule has 0 spiro atoms. The lowest BCUT2D eigenvalue weighted by molar-refractivity contribution is -0.293. The lowest BCUT2D eigenvalue weighted by Crippen LogP contribution is -2.55. The van der Waals surface area contributed by atoms with E-state index in [2.05, 4.69) is 56.7 Å². The fraction of sp³-hybridized carbons (Fsp3) is 0.514. The number of fused-ring (bicyclic) bond motifs is 8. The summed E-state index contributed by atoms with van der Waals surface area (Å²) in [6, 6.07) is 7.37. The second-order valence-corrected chi connectivity index (χ2v) is 12.2. The number of alkyl halides is 3. The minimum Gasteiger partial charge on any atom is -0.374 e. The number of aromatic nitrogens is 4. The van der Waals surface area contributed by atoms with E-state index in [9.17, 15) is 5.11 Å². The quantitative estimate of drug-likeness (QED) is 0.235. The normalized spacial score (nSPS) is 18.2. The van der Waals surface area contributed by atoms with Crippen LogP contribution in [0.15, 0.2) is 24.3 Å². The molecule has 0 saturated carbocycles. The number of rotatable bonds is 8. The molecule has 5 rings (SSSR count). The third kappa shape index (κ3) is 4.77. The van der Waals surface area contributed by atoms with Gasteiger partial charge in [-0.05, 0) is 109 Å². The predicted octanol–water partition coefficient (Wildman–Crippen LogP) is 9.80. The molecule has 242 valence electrons. The van der Waals surface area contributed by atoms with Gasteiger partial charge in [0.05, 0.1) is 28.2 Å². The number of nitrogens with one attached hydrogen (secondary N) is 2.